The van der Waals surface area contributed by atoms with E-state index in [4.69, 9.17) is 5.26 Å². The van der Waals surface area contributed by atoms with Crippen molar-refractivity contribution in [3.63, 3.8) is 0 Å². The number of hydrogen-bond acceptors (Lipinski definition) is 4. The largest absolute Gasteiger partial charge is 0.334 e. The number of amides is 1. The Hall–Kier alpha value is -3.72. The molecule has 1 aromatic carbocycles. The molecule has 6 nitrogen and oxygen atoms in total. The molecule has 0 radical (unpaired) electrons. The van der Waals surface area contributed by atoms with Gasteiger partial charge in [-0.05, 0) is 29.8 Å². The maximum Gasteiger partial charge on any atom is 0.246 e. The number of hydrogen-bond donors (Lipinski definition) is 1. The first-order valence-electron chi connectivity index (χ1n) is 8.68. The van der Waals surface area contributed by atoms with Crippen molar-refractivity contribution in [2.24, 2.45) is 0 Å². The number of carbonyl (C=O) groups excluding carboxylic acids is 1. The lowest BCUT2D eigenvalue weighted by molar-refractivity contribution is -0.126. The first-order chi connectivity index (χ1) is 13.2. The number of aromatic nitrogens is 3. The van der Waals surface area contributed by atoms with Gasteiger partial charge in [-0.15, -0.1) is 0 Å². The summed E-state index contributed by atoms with van der Waals surface area (Å²) >= 11 is 0. The van der Waals surface area contributed by atoms with E-state index in [2.05, 4.69) is 21.3 Å². The number of pyridine rings is 1. The van der Waals surface area contributed by atoms with E-state index in [9.17, 15) is 4.79 Å². The van der Waals surface area contributed by atoms with Gasteiger partial charge in [0.2, 0.25) is 5.91 Å². The van der Waals surface area contributed by atoms with Crippen molar-refractivity contribution in [2.45, 2.75) is 13.0 Å². The van der Waals surface area contributed by atoms with Crippen LogP contribution in [-0.4, -0.2) is 32.5 Å². The van der Waals surface area contributed by atoms with E-state index in [-0.39, 0.29) is 5.91 Å². The normalized spacial score (nSPS) is 13.4. The average Bonchev–Trinajstić information content (AvgIpc) is 3.16. The van der Waals surface area contributed by atoms with Crippen LogP contribution in [0.5, 0.6) is 0 Å². The van der Waals surface area contributed by atoms with Crippen molar-refractivity contribution in [1.29, 1.82) is 5.26 Å². The van der Waals surface area contributed by atoms with Crippen molar-refractivity contribution in [3.05, 3.63) is 77.3 Å². The zero-order valence-electron chi connectivity index (χ0n) is 14.6. The molecule has 0 saturated heterocycles. The summed E-state index contributed by atoms with van der Waals surface area (Å²) in [5.74, 6) is -0.0310. The van der Waals surface area contributed by atoms with Crippen LogP contribution in [0.25, 0.3) is 17.3 Å². The summed E-state index contributed by atoms with van der Waals surface area (Å²) < 4.78 is 0. The van der Waals surface area contributed by atoms with E-state index in [1.165, 1.54) is 0 Å². The zero-order valence-corrected chi connectivity index (χ0v) is 14.6. The smallest absolute Gasteiger partial charge is 0.246 e. The van der Waals surface area contributed by atoms with Gasteiger partial charge in [0.25, 0.3) is 0 Å². The molecule has 1 aliphatic rings. The Morgan fingerprint density at radius 1 is 1.26 bits per heavy atom. The number of nitrogens with zero attached hydrogens (tertiary/aromatic N) is 4. The molecule has 4 rings (SSSR count). The van der Waals surface area contributed by atoms with Gasteiger partial charge in [-0.25, -0.2) is 0 Å². The van der Waals surface area contributed by atoms with Gasteiger partial charge >= 0.3 is 0 Å². The molecule has 0 atom stereocenters. The molecule has 0 bridgehead atoms. The van der Waals surface area contributed by atoms with Crippen molar-refractivity contribution in [2.75, 3.05) is 6.54 Å². The van der Waals surface area contributed by atoms with Crippen molar-refractivity contribution in [3.8, 4) is 17.3 Å². The first kappa shape index (κ1) is 16.7. The number of nitrogens with one attached hydrogen (secondary N) is 1. The molecule has 0 saturated carbocycles. The van der Waals surface area contributed by atoms with E-state index >= 15 is 0 Å². The molecule has 0 unspecified atom stereocenters. The Bertz CT molecular complexity index is 1030. The lowest BCUT2D eigenvalue weighted by atomic mass is 10.00. The summed E-state index contributed by atoms with van der Waals surface area (Å²) in [5.41, 5.74) is 5.38. The molecular formula is C21H17N5O. The highest BCUT2D eigenvalue weighted by Gasteiger charge is 2.24. The molecule has 1 N–H and O–H groups in total. The lowest BCUT2D eigenvalue weighted by Crippen LogP contribution is -2.34. The Balaban J connectivity index is 1.54. The number of aromatic amines is 1. The lowest BCUT2D eigenvalue weighted by Gasteiger charge is -2.26. The second kappa shape index (κ2) is 7.26. The minimum absolute atomic E-state index is 0.0310. The predicted octanol–water partition coefficient (Wildman–Crippen LogP) is 2.94. The second-order valence-electron chi connectivity index (χ2n) is 6.35. The van der Waals surface area contributed by atoms with Crippen LogP contribution in [0.2, 0.25) is 0 Å². The van der Waals surface area contributed by atoms with Crippen LogP contribution in [0.1, 0.15) is 22.4 Å². The molecule has 0 aliphatic carbocycles. The number of benzene rings is 1. The molecule has 6 heteroatoms. The summed E-state index contributed by atoms with van der Waals surface area (Å²) in [6.07, 6.45) is 7.53. The highest BCUT2D eigenvalue weighted by Crippen LogP contribution is 2.28. The van der Waals surface area contributed by atoms with Crippen molar-refractivity contribution < 1.29 is 4.79 Å². The zero-order chi connectivity index (χ0) is 18.6. The van der Waals surface area contributed by atoms with Crippen molar-refractivity contribution >= 4 is 12.0 Å². The highest BCUT2D eigenvalue weighted by atomic mass is 16.2. The monoisotopic (exact) mass is 355 g/mol. The van der Waals surface area contributed by atoms with Gasteiger partial charge in [-0.3, -0.25) is 14.9 Å². The summed E-state index contributed by atoms with van der Waals surface area (Å²) in [6.45, 7) is 1.16. The summed E-state index contributed by atoms with van der Waals surface area (Å²) in [6, 6.07) is 13.2. The van der Waals surface area contributed by atoms with Gasteiger partial charge in [-0.1, -0.05) is 18.2 Å². The minimum Gasteiger partial charge on any atom is -0.334 e. The van der Waals surface area contributed by atoms with E-state index in [0.717, 1.165) is 34.5 Å². The second-order valence-corrected chi connectivity index (χ2v) is 6.35. The van der Waals surface area contributed by atoms with Gasteiger partial charge < -0.3 is 4.90 Å². The van der Waals surface area contributed by atoms with E-state index in [1.54, 1.807) is 36.7 Å². The van der Waals surface area contributed by atoms with Crippen LogP contribution >= 0.6 is 0 Å². The van der Waals surface area contributed by atoms with Crippen molar-refractivity contribution in [1.82, 2.24) is 20.1 Å². The highest BCUT2D eigenvalue weighted by molar-refractivity contribution is 5.92. The van der Waals surface area contributed by atoms with Gasteiger partial charge in [0, 0.05) is 54.8 Å². The van der Waals surface area contributed by atoms with Crippen LogP contribution in [0.4, 0.5) is 0 Å². The number of H-pyrrole nitrogens is 1. The molecule has 3 aromatic rings. The molecule has 0 spiro atoms. The predicted molar refractivity (Wildman–Crippen MR) is 101 cm³/mol. The molecule has 1 amide bonds. The fourth-order valence-electron chi connectivity index (χ4n) is 3.17. The van der Waals surface area contributed by atoms with E-state index in [1.807, 2.05) is 29.2 Å². The van der Waals surface area contributed by atoms with Gasteiger partial charge in [0.05, 0.1) is 17.3 Å². The molecule has 2 aromatic heterocycles. The van der Waals surface area contributed by atoms with Crippen LogP contribution in [0.3, 0.4) is 0 Å². The number of nitriles is 1. The molecule has 1 aliphatic heterocycles. The number of rotatable bonds is 3. The molecule has 132 valence electrons. The molecule has 0 fully saturated rings. The molecule has 27 heavy (non-hydrogen) atoms. The summed E-state index contributed by atoms with van der Waals surface area (Å²) in [7, 11) is 0. The third-order valence-electron chi connectivity index (χ3n) is 4.64. The first-order valence-corrected chi connectivity index (χ1v) is 8.68. The van der Waals surface area contributed by atoms with Crippen LogP contribution in [-0.2, 0) is 17.8 Å². The quantitative estimate of drug-likeness (QED) is 0.732. The Labute approximate surface area is 156 Å². The fourth-order valence-corrected chi connectivity index (χ4v) is 3.17. The van der Waals surface area contributed by atoms with Crippen LogP contribution in [0.15, 0.2) is 54.9 Å². The maximum absolute atomic E-state index is 12.6. The standard InChI is InChI=1S/C21H17N5O/c22-12-15-3-6-17(7-4-15)21-18-14-26(11-9-19(18)24-25-21)20(27)8-5-16-2-1-10-23-13-16/h1-8,10,13H,9,11,14H2,(H,24,25)/b8-5+. The van der Waals surface area contributed by atoms with E-state index < -0.39 is 0 Å². The topological polar surface area (TPSA) is 85.7 Å². The third kappa shape index (κ3) is 3.48. The summed E-state index contributed by atoms with van der Waals surface area (Å²) in [5, 5.41) is 16.5. The van der Waals surface area contributed by atoms with Gasteiger partial charge in [0.1, 0.15) is 0 Å². The Morgan fingerprint density at radius 3 is 2.85 bits per heavy atom. The number of carbonyl (C=O) groups is 1. The average molecular weight is 355 g/mol. The third-order valence-corrected chi connectivity index (χ3v) is 4.64. The SMILES string of the molecule is N#Cc1ccc(-c2n[nH]c3c2CN(C(=O)/C=C/c2cccnc2)CC3)cc1. The molecular weight excluding hydrogens is 338 g/mol. The van der Waals surface area contributed by atoms with Gasteiger partial charge in [-0.2, -0.15) is 10.4 Å². The Kier molecular flexibility index (Phi) is 4.50. The van der Waals surface area contributed by atoms with Crippen LogP contribution in [0, 0.1) is 11.3 Å². The fraction of sp³-hybridized carbons (Fsp3) is 0.143. The van der Waals surface area contributed by atoms with E-state index in [0.29, 0.717) is 18.7 Å². The van der Waals surface area contributed by atoms with Crippen LogP contribution < -0.4 is 0 Å². The summed E-state index contributed by atoms with van der Waals surface area (Å²) in [4.78, 5) is 18.5. The Morgan fingerprint density at radius 2 is 2.11 bits per heavy atom. The maximum atomic E-state index is 12.6. The molecule has 3 heterocycles. The number of fused-ring (bicyclic) bond motifs is 1. The minimum atomic E-state index is -0.0310. The van der Waals surface area contributed by atoms with Gasteiger partial charge in [0.15, 0.2) is 0 Å².